The van der Waals surface area contributed by atoms with Crippen LogP contribution in [0.2, 0.25) is 0 Å². The van der Waals surface area contributed by atoms with Crippen molar-refractivity contribution in [2.75, 3.05) is 10.8 Å². The van der Waals surface area contributed by atoms with Crippen molar-refractivity contribution in [3.05, 3.63) is 28.2 Å². The fourth-order valence-corrected chi connectivity index (χ4v) is 3.49. The van der Waals surface area contributed by atoms with Gasteiger partial charge in [0.2, 0.25) is 0 Å². The molecule has 0 spiro atoms. The Morgan fingerprint density at radius 2 is 2.14 bits per heavy atom. The molecule has 0 atom stereocenters. The van der Waals surface area contributed by atoms with E-state index in [0.29, 0.717) is 18.7 Å². The second-order valence-corrected chi connectivity index (χ2v) is 6.30. The molecule has 0 bridgehead atoms. The van der Waals surface area contributed by atoms with Crippen LogP contribution in [-0.2, 0) is 15.7 Å². The van der Waals surface area contributed by atoms with Gasteiger partial charge in [-0.1, -0.05) is 12.1 Å². The molecule has 76 valence electrons. The summed E-state index contributed by atoms with van der Waals surface area (Å²) in [5.74, 6) is 0. The maximum atomic E-state index is 11.2. The van der Waals surface area contributed by atoms with Gasteiger partial charge in [0.1, 0.15) is 0 Å². The fraction of sp³-hybridized carbons (Fsp3) is 0.250. The van der Waals surface area contributed by atoms with Crippen LogP contribution in [0.15, 0.2) is 22.7 Å². The van der Waals surface area contributed by atoms with Gasteiger partial charge < -0.3 is 0 Å². The van der Waals surface area contributed by atoms with Crippen molar-refractivity contribution in [3.63, 3.8) is 0 Å². The number of para-hydroxylation sites is 1. The lowest BCUT2D eigenvalue weighted by molar-refractivity contribution is 0.606. The lowest BCUT2D eigenvalue weighted by Gasteiger charge is -2.15. The molecule has 1 aliphatic heterocycles. The van der Waals surface area contributed by atoms with E-state index in [-0.39, 0.29) is 0 Å². The number of halogens is 2. The third kappa shape index (κ3) is 1.64. The number of fused-ring (bicyclic) bond motifs is 1. The first-order chi connectivity index (χ1) is 6.50. The lowest BCUT2D eigenvalue weighted by Crippen LogP contribution is -2.24. The summed E-state index contributed by atoms with van der Waals surface area (Å²) in [7, 11) is 1.65. The summed E-state index contributed by atoms with van der Waals surface area (Å²) in [4.78, 5) is 0. The molecule has 1 aromatic rings. The van der Waals surface area contributed by atoms with E-state index in [2.05, 4.69) is 15.9 Å². The van der Waals surface area contributed by atoms with E-state index in [9.17, 15) is 8.42 Å². The van der Waals surface area contributed by atoms with Gasteiger partial charge in [-0.3, -0.25) is 4.31 Å². The van der Waals surface area contributed by atoms with Crippen molar-refractivity contribution in [2.45, 2.75) is 6.42 Å². The largest absolute Gasteiger partial charge is 0.321 e. The first-order valence-electron chi connectivity index (χ1n) is 4.00. The molecule has 0 N–H and O–H groups in total. The Morgan fingerprint density at radius 3 is 2.79 bits per heavy atom. The van der Waals surface area contributed by atoms with Gasteiger partial charge in [0.25, 0.3) is 0 Å². The topological polar surface area (TPSA) is 37.4 Å². The zero-order valence-corrected chi connectivity index (χ0v) is 10.2. The lowest BCUT2D eigenvalue weighted by atomic mass is 10.2. The second-order valence-electron chi connectivity index (χ2n) is 3.01. The van der Waals surface area contributed by atoms with Crippen LogP contribution in [0.3, 0.4) is 0 Å². The van der Waals surface area contributed by atoms with Gasteiger partial charge in [0.05, 0.1) is 5.69 Å². The quantitative estimate of drug-likeness (QED) is 0.746. The predicted molar refractivity (Wildman–Crippen MR) is 60.0 cm³/mol. The first kappa shape index (κ1) is 10.3. The van der Waals surface area contributed by atoms with E-state index >= 15 is 0 Å². The normalized spacial score (nSPS) is 15.7. The minimum Gasteiger partial charge on any atom is -0.256 e. The zero-order valence-electron chi connectivity index (χ0n) is 7.07. The number of benzene rings is 1. The number of rotatable bonds is 1. The molecule has 1 heterocycles. The molecule has 6 heteroatoms. The maximum absolute atomic E-state index is 11.2. The van der Waals surface area contributed by atoms with Gasteiger partial charge in [-0.05, 0) is 34.0 Å². The van der Waals surface area contributed by atoms with Gasteiger partial charge in [-0.2, -0.15) is 8.42 Å². The van der Waals surface area contributed by atoms with Crippen LogP contribution in [0, 0.1) is 0 Å². The average Bonchev–Trinajstić information content (AvgIpc) is 2.47. The third-order valence-electron chi connectivity index (χ3n) is 2.17. The van der Waals surface area contributed by atoms with Crippen LogP contribution in [0.4, 0.5) is 5.69 Å². The standard InChI is InChI=1S/C8H7BrClNO2S/c9-7-3-1-2-6-4-5-11(8(6)7)14(10,12)13/h1-3H,4-5H2. The van der Waals surface area contributed by atoms with E-state index in [4.69, 9.17) is 10.7 Å². The Kier molecular flexibility index (Phi) is 2.49. The van der Waals surface area contributed by atoms with Crippen molar-refractivity contribution in [1.29, 1.82) is 0 Å². The molecule has 0 aromatic heterocycles. The van der Waals surface area contributed by atoms with E-state index in [0.717, 1.165) is 10.0 Å². The summed E-state index contributed by atoms with van der Waals surface area (Å²) in [6.45, 7) is 0.420. The predicted octanol–water partition coefficient (Wildman–Crippen LogP) is 2.30. The highest BCUT2D eigenvalue weighted by atomic mass is 79.9. The molecular formula is C8H7BrClNO2S. The van der Waals surface area contributed by atoms with Crippen molar-refractivity contribution < 1.29 is 8.42 Å². The number of hydrogen-bond donors (Lipinski definition) is 0. The van der Waals surface area contributed by atoms with Gasteiger partial charge in [0, 0.05) is 21.7 Å². The molecule has 2 rings (SSSR count). The van der Waals surface area contributed by atoms with Crippen molar-refractivity contribution in [3.8, 4) is 0 Å². The number of anilines is 1. The minimum atomic E-state index is -3.66. The maximum Gasteiger partial charge on any atom is 0.321 e. The Morgan fingerprint density at radius 1 is 1.43 bits per heavy atom. The van der Waals surface area contributed by atoms with Crippen molar-refractivity contribution in [1.82, 2.24) is 0 Å². The Bertz CT molecular complexity index is 474. The molecule has 0 unspecified atom stereocenters. The van der Waals surface area contributed by atoms with Crippen LogP contribution in [0.5, 0.6) is 0 Å². The van der Waals surface area contributed by atoms with Crippen molar-refractivity contribution >= 4 is 41.5 Å². The second kappa shape index (κ2) is 3.40. The Labute approximate surface area is 95.4 Å². The van der Waals surface area contributed by atoms with E-state index in [1.54, 1.807) is 6.07 Å². The molecule has 14 heavy (non-hydrogen) atoms. The molecule has 0 amide bonds. The Balaban J connectivity index is 2.59. The molecule has 0 saturated carbocycles. The van der Waals surface area contributed by atoms with Crippen LogP contribution in [0.1, 0.15) is 5.56 Å². The molecule has 1 aliphatic rings. The highest BCUT2D eigenvalue weighted by Gasteiger charge is 2.29. The molecule has 0 aliphatic carbocycles. The molecule has 0 radical (unpaired) electrons. The third-order valence-corrected chi connectivity index (χ3v) is 4.20. The fourth-order valence-electron chi connectivity index (χ4n) is 1.59. The van der Waals surface area contributed by atoms with Crippen LogP contribution in [0.25, 0.3) is 0 Å². The van der Waals surface area contributed by atoms with E-state index in [1.807, 2.05) is 12.1 Å². The summed E-state index contributed by atoms with van der Waals surface area (Å²) in [6, 6.07) is 5.59. The number of nitrogens with zero attached hydrogens (tertiary/aromatic N) is 1. The smallest absolute Gasteiger partial charge is 0.256 e. The van der Waals surface area contributed by atoms with Gasteiger partial charge in [-0.25, -0.2) is 0 Å². The van der Waals surface area contributed by atoms with Gasteiger partial charge in [0.15, 0.2) is 0 Å². The molecule has 0 saturated heterocycles. The number of hydrogen-bond acceptors (Lipinski definition) is 2. The molecule has 1 aromatic carbocycles. The summed E-state index contributed by atoms with van der Waals surface area (Å²) >= 11 is 3.32. The van der Waals surface area contributed by atoms with E-state index < -0.39 is 9.24 Å². The van der Waals surface area contributed by atoms with Gasteiger partial charge in [-0.15, -0.1) is 0 Å². The van der Waals surface area contributed by atoms with Crippen LogP contribution >= 0.6 is 26.6 Å². The van der Waals surface area contributed by atoms with Crippen LogP contribution in [-0.4, -0.2) is 15.0 Å². The minimum absolute atomic E-state index is 0.420. The van der Waals surface area contributed by atoms with Crippen LogP contribution < -0.4 is 4.31 Å². The van der Waals surface area contributed by atoms with Gasteiger partial charge >= 0.3 is 9.24 Å². The average molecular weight is 297 g/mol. The highest BCUT2D eigenvalue weighted by Crippen LogP contribution is 2.37. The summed E-state index contributed by atoms with van der Waals surface area (Å²) in [6.07, 6.45) is 0.709. The first-order valence-corrected chi connectivity index (χ1v) is 7.06. The van der Waals surface area contributed by atoms with E-state index in [1.165, 1.54) is 4.31 Å². The molecular weight excluding hydrogens is 290 g/mol. The Hall–Kier alpha value is -0.260. The molecule has 3 nitrogen and oxygen atoms in total. The zero-order chi connectivity index (χ0) is 10.3. The summed E-state index contributed by atoms with van der Waals surface area (Å²) < 4.78 is 24.4. The SMILES string of the molecule is O=S(=O)(Cl)N1CCc2cccc(Br)c21. The summed E-state index contributed by atoms with van der Waals surface area (Å²) in [5.41, 5.74) is 1.67. The van der Waals surface area contributed by atoms with Crippen molar-refractivity contribution in [2.24, 2.45) is 0 Å². The molecule has 0 fully saturated rings. The highest BCUT2D eigenvalue weighted by molar-refractivity contribution is 9.10. The monoisotopic (exact) mass is 295 g/mol. The summed E-state index contributed by atoms with van der Waals surface area (Å²) in [5, 5.41) is 0.